The fourth-order valence-corrected chi connectivity index (χ4v) is 4.36. The number of hydrogen-bond acceptors (Lipinski definition) is 5. The van der Waals surface area contributed by atoms with E-state index in [4.69, 9.17) is 33.3 Å². The number of nitrogens with zero attached hydrogens (tertiary/aromatic N) is 1. The van der Waals surface area contributed by atoms with Gasteiger partial charge in [0.25, 0.3) is 5.91 Å². The van der Waals surface area contributed by atoms with Gasteiger partial charge in [-0.2, -0.15) is 0 Å². The van der Waals surface area contributed by atoms with Gasteiger partial charge in [-0.15, -0.1) is 0 Å². The molecule has 134 valence electrons. The van der Waals surface area contributed by atoms with Crippen LogP contribution in [0.4, 0.5) is 5.69 Å². The summed E-state index contributed by atoms with van der Waals surface area (Å²) < 4.78 is 11.8. The highest BCUT2D eigenvalue weighted by atomic mass is 79.9. The number of ether oxygens (including phenoxy) is 2. The molecule has 0 bridgehead atoms. The predicted octanol–water partition coefficient (Wildman–Crippen LogP) is 5.53. The molecule has 1 fully saturated rings. The van der Waals surface area contributed by atoms with Gasteiger partial charge in [-0.25, -0.2) is 0 Å². The van der Waals surface area contributed by atoms with Crippen molar-refractivity contribution in [2.24, 2.45) is 0 Å². The van der Waals surface area contributed by atoms with Crippen molar-refractivity contribution in [1.29, 1.82) is 0 Å². The van der Waals surface area contributed by atoms with Crippen molar-refractivity contribution < 1.29 is 14.3 Å². The SMILES string of the molecule is COc1ccc(N2C(=O)C(=Cc3cc(Br)ccc3OC)SC2=S)cc1Cl. The lowest BCUT2D eigenvalue weighted by Crippen LogP contribution is -2.27. The van der Waals surface area contributed by atoms with Gasteiger partial charge in [-0.1, -0.05) is 51.5 Å². The molecule has 0 unspecified atom stereocenters. The van der Waals surface area contributed by atoms with Crippen LogP contribution >= 0.6 is 51.5 Å². The fourth-order valence-electron chi connectivity index (χ4n) is 2.44. The van der Waals surface area contributed by atoms with Crippen LogP contribution in [0.15, 0.2) is 45.8 Å². The third kappa shape index (κ3) is 3.76. The lowest BCUT2D eigenvalue weighted by atomic mass is 10.2. The molecule has 0 aromatic heterocycles. The number of carbonyl (C=O) groups is 1. The van der Waals surface area contributed by atoms with Crippen molar-refractivity contribution in [3.63, 3.8) is 0 Å². The van der Waals surface area contributed by atoms with Gasteiger partial charge in [-0.3, -0.25) is 9.69 Å². The van der Waals surface area contributed by atoms with Gasteiger partial charge in [0.05, 0.1) is 29.8 Å². The average molecular weight is 471 g/mol. The standard InChI is InChI=1S/C18H13BrClNO3S2/c1-23-14-5-3-11(19)7-10(14)8-16-17(22)21(18(25)26-16)12-4-6-15(24-2)13(20)9-12/h3-9H,1-2H3. The van der Waals surface area contributed by atoms with Gasteiger partial charge in [0.15, 0.2) is 4.32 Å². The van der Waals surface area contributed by atoms with Gasteiger partial charge in [-0.05, 0) is 42.5 Å². The first-order chi connectivity index (χ1) is 12.4. The van der Waals surface area contributed by atoms with Gasteiger partial charge in [0.1, 0.15) is 11.5 Å². The number of rotatable bonds is 4. The van der Waals surface area contributed by atoms with E-state index < -0.39 is 0 Å². The normalized spacial score (nSPS) is 15.7. The summed E-state index contributed by atoms with van der Waals surface area (Å²) in [5.41, 5.74) is 1.39. The number of amides is 1. The van der Waals surface area contributed by atoms with Crippen LogP contribution in [0, 0.1) is 0 Å². The van der Waals surface area contributed by atoms with Gasteiger partial charge >= 0.3 is 0 Å². The maximum atomic E-state index is 12.9. The van der Waals surface area contributed by atoms with Crippen molar-refractivity contribution in [2.75, 3.05) is 19.1 Å². The summed E-state index contributed by atoms with van der Waals surface area (Å²) >= 11 is 16.2. The Labute approximate surface area is 174 Å². The Kier molecular flexibility index (Phi) is 5.92. The molecule has 1 amide bonds. The van der Waals surface area contributed by atoms with Crippen LogP contribution < -0.4 is 14.4 Å². The summed E-state index contributed by atoms with van der Waals surface area (Å²) in [6, 6.07) is 10.7. The van der Waals surface area contributed by atoms with Crippen LogP contribution in [0.2, 0.25) is 5.02 Å². The zero-order chi connectivity index (χ0) is 18.8. The molecule has 26 heavy (non-hydrogen) atoms. The molecule has 0 atom stereocenters. The molecule has 1 saturated heterocycles. The van der Waals surface area contributed by atoms with E-state index in [1.165, 1.54) is 23.8 Å². The van der Waals surface area contributed by atoms with E-state index in [1.807, 2.05) is 18.2 Å². The first-order valence-electron chi connectivity index (χ1n) is 7.39. The topological polar surface area (TPSA) is 38.8 Å². The highest BCUT2D eigenvalue weighted by Gasteiger charge is 2.33. The second kappa shape index (κ2) is 8.00. The number of thiocarbonyl (C=S) groups is 1. The van der Waals surface area contributed by atoms with Gasteiger partial charge < -0.3 is 9.47 Å². The predicted molar refractivity (Wildman–Crippen MR) is 114 cm³/mol. The fraction of sp³-hybridized carbons (Fsp3) is 0.111. The summed E-state index contributed by atoms with van der Waals surface area (Å²) in [6.07, 6.45) is 1.77. The average Bonchev–Trinajstić information content (AvgIpc) is 2.88. The minimum Gasteiger partial charge on any atom is -0.496 e. The molecular weight excluding hydrogens is 458 g/mol. The van der Waals surface area contributed by atoms with Crippen molar-refractivity contribution >= 4 is 73.5 Å². The zero-order valence-electron chi connectivity index (χ0n) is 13.8. The van der Waals surface area contributed by atoms with E-state index in [2.05, 4.69) is 15.9 Å². The summed E-state index contributed by atoms with van der Waals surface area (Å²) in [4.78, 5) is 14.9. The molecule has 0 saturated carbocycles. The molecule has 8 heteroatoms. The number of carbonyl (C=O) groups excluding carboxylic acids is 1. The van der Waals surface area contributed by atoms with E-state index in [0.29, 0.717) is 31.4 Å². The number of anilines is 1. The van der Waals surface area contributed by atoms with Gasteiger partial charge in [0.2, 0.25) is 0 Å². The summed E-state index contributed by atoms with van der Waals surface area (Å²) in [5, 5.41) is 0.414. The molecule has 0 aliphatic carbocycles. The van der Waals surface area contributed by atoms with Crippen LogP contribution in [0.5, 0.6) is 11.5 Å². The Bertz CT molecular complexity index is 933. The highest BCUT2D eigenvalue weighted by Crippen LogP contribution is 2.39. The van der Waals surface area contributed by atoms with Crippen LogP contribution in [0.25, 0.3) is 6.08 Å². The minimum absolute atomic E-state index is 0.205. The molecule has 2 aromatic rings. The largest absolute Gasteiger partial charge is 0.496 e. The third-order valence-corrected chi connectivity index (χ3v) is 5.76. The minimum atomic E-state index is -0.205. The number of thioether (sulfide) groups is 1. The van der Waals surface area contributed by atoms with Crippen molar-refractivity contribution in [3.8, 4) is 11.5 Å². The van der Waals surface area contributed by atoms with E-state index in [-0.39, 0.29) is 5.91 Å². The lowest BCUT2D eigenvalue weighted by Gasteiger charge is -2.15. The number of hydrogen-bond donors (Lipinski definition) is 0. The maximum absolute atomic E-state index is 12.9. The second-order valence-electron chi connectivity index (χ2n) is 5.22. The first kappa shape index (κ1) is 19.2. The van der Waals surface area contributed by atoms with Crippen LogP contribution in [-0.4, -0.2) is 24.4 Å². The smallest absolute Gasteiger partial charge is 0.270 e. The number of methoxy groups -OCH3 is 2. The van der Waals surface area contributed by atoms with Crippen LogP contribution in [0.3, 0.4) is 0 Å². The lowest BCUT2D eigenvalue weighted by molar-refractivity contribution is -0.113. The Hall–Kier alpha value is -1.54. The zero-order valence-corrected chi connectivity index (χ0v) is 17.8. The number of halogens is 2. The second-order valence-corrected chi connectivity index (χ2v) is 8.22. The van der Waals surface area contributed by atoms with E-state index >= 15 is 0 Å². The third-order valence-electron chi connectivity index (χ3n) is 3.67. The Morgan fingerprint density at radius 2 is 1.85 bits per heavy atom. The molecule has 0 radical (unpaired) electrons. The monoisotopic (exact) mass is 469 g/mol. The highest BCUT2D eigenvalue weighted by molar-refractivity contribution is 9.10. The molecule has 0 spiro atoms. The summed E-state index contributed by atoms with van der Waals surface area (Å²) in [5.74, 6) is 1.00. The van der Waals surface area contributed by atoms with Crippen molar-refractivity contribution in [2.45, 2.75) is 0 Å². The molecular formula is C18H13BrClNO3S2. The maximum Gasteiger partial charge on any atom is 0.270 e. The Morgan fingerprint density at radius 1 is 1.15 bits per heavy atom. The van der Waals surface area contributed by atoms with Crippen molar-refractivity contribution in [3.05, 3.63) is 56.4 Å². The van der Waals surface area contributed by atoms with Crippen LogP contribution in [-0.2, 0) is 4.79 Å². The first-order valence-corrected chi connectivity index (χ1v) is 9.79. The van der Waals surface area contributed by atoms with E-state index in [1.54, 1.807) is 31.4 Å². The van der Waals surface area contributed by atoms with Crippen LogP contribution in [0.1, 0.15) is 5.56 Å². The Morgan fingerprint density at radius 3 is 2.50 bits per heavy atom. The molecule has 4 nitrogen and oxygen atoms in total. The van der Waals surface area contributed by atoms with Crippen molar-refractivity contribution in [1.82, 2.24) is 0 Å². The summed E-state index contributed by atoms with van der Waals surface area (Å²) in [6.45, 7) is 0. The molecule has 3 rings (SSSR count). The summed E-state index contributed by atoms with van der Waals surface area (Å²) in [7, 11) is 3.12. The molecule has 1 heterocycles. The van der Waals surface area contributed by atoms with Gasteiger partial charge in [0, 0.05) is 10.0 Å². The van der Waals surface area contributed by atoms with E-state index in [9.17, 15) is 4.79 Å². The molecule has 1 aliphatic heterocycles. The molecule has 1 aliphatic rings. The quantitative estimate of drug-likeness (QED) is 0.434. The molecule has 0 N–H and O–H groups in total. The number of benzene rings is 2. The van der Waals surface area contributed by atoms with E-state index in [0.717, 1.165) is 10.0 Å². The Balaban J connectivity index is 1.97. The molecule has 2 aromatic carbocycles.